The molecule has 0 bridgehead atoms. The lowest BCUT2D eigenvalue weighted by molar-refractivity contribution is -0.118. The van der Waals surface area contributed by atoms with Crippen molar-refractivity contribution in [3.8, 4) is 11.5 Å². The normalized spacial score (nSPS) is 19.4. The Morgan fingerprint density at radius 1 is 0.839 bits per heavy atom. The maximum absolute atomic E-state index is 13.3. The fraction of sp³-hybridized carbons (Fsp3) is 0.222. The Morgan fingerprint density at radius 2 is 1.55 bits per heavy atom. The van der Waals surface area contributed by atoms with E-state index in [0.29, 0.717) is 6.42 Å². The molecular formula is C27H26N2O2. The fourth-order valence-corrected chi connectivity index (χ4v) is 4.52. The van der Waals surface area contributed by atoms with Crippen LogP contribution in [-0.4, -0.2) is 5.78 Å². The zero-order chi connectivity index (χ0) is 21.4. The van der Waals surface area contributed by atoms with Gasteiger partial charge in [0.25, 0.3) is 0 Å². The van der Waals surface area contributed by atoms with E-state index in [2.05, 4.69) is 36.6 Å². The summed E-state index contributed by atoms with van der Waals surface area (Å²) in [5.41, 5.74) is 4.77. The van der Waals surface area contributed by atoms with Crippen LogP contribution in [0.2, 0.25) is 0 Å². The van der Waals surface area contributed by atoms with E-state index in [-0.39, 0.29) is 17.2 Å². The lowest BCUT2D eigenvalue weighted by Gasteiger charge is -2.34. The van der Waals surface area contributed by atoms with Crippen LogP contribution in [-0.2, 0) is 4.79 Å². The number of para-hydroxylation sites is 3. The first-order valence-corrected chi connectivity index (χ1v) is 10.7. The third-order valence-corrected chi connectivity index (χ3v) is 5.89. The minimum absolute atomic E-state index is 0.0645. The van der Waals surface area contributed by atoms with Crippen LogP contribution in [0.5, 0.6) is 11.5 Å². The SMILES string of the molecule is CC1(C)CC(=O)C2=C(C1)Nc1ccccc1N[C@H]2c1cccc(Oc2ccccc2)c1. The number of hydrogen-bond acceptors (Lipinski definition) is 4. The van der Waals surface area contributed by atoms with Crippen LogP contribution in [0.4, 0.5) is 11.4 Å². The highest BCUT2D eigenvalue weighted by molar-refractivity contribution is 6.01. The molecule has 4 nitrogen and oxygen atoms in total. The average Bonchev–Trinajstić information content (AvgIpc) is 2.90. The van der Waals surface area contributed by atoms with E-state index in [1.54, 1.807) is 0 Å². The third-order valence-electron chi connectivity index (χ3n) is 5.89. The van der Waals surface area contributed by atoms with Crippen LogP contribution in [0, 0.1) is 5.41 Å². The molecule has 4 heteroatoms. The number of carbonyl (C=O) groups is 1. The van der Waals surface area contributed by atoms with Gasteiger partial charge in [0.15, 0.2) is 5.78 Å². The molecule has 3 aromatic carbocycles. The molecular weight excluding hydrogens is 384 g/mol. The van der Waals surface area contributed by atoms with Crippen LogP contribution in [0.1, 0.15) is 38.3 Å². The van der Waals surface area contributed by atoms with Gasteiger partial charge in [-0.15, -0.1) is 0 Å². The fourth-order valence-electron chi connectivity index (χ4n) is 4.52. The molecule has 5 rings (SSSR count). The van der Waals surface area contributed by atoms with Gasteiger partial charge in [-0.25, -0.2) is 0 Å². The molecule has 0 unspecified atom stereocenters. The summed E-state index contributed by atoms with van der Waals surface area (Å²) >= 11 is 0. The van der Waals surface area contributed by atoms with Crippen LogP contribution < -0.4 is 15.4 Å². The number of benzene rings is 3. The number of anilines is 2. The highest BCUT2D eigenvalue weighted by Crippen LogP contribution is 2.45. The zero-order valence-corrected chi connectivity index (χ0v) is 17.8. The predicted octanol–water partition coefficient (Wildman–Crippen LogP) is 6.70. The van der Waals surface area contributed by atoms with Gasteiger partial charge < -0.3 is 15.4 Å². The summed E-state index contributed by atoms with van der Waals surface area (Å²) < 4.78 is 6.06. The van der Waals surface area contributed by atoms with Crippen molar-refractivity contribution in [3.63, 3.8) is 0 Å². The smallest absolute Gasteiger partial charge is 0.163 e. The number of ketones is 1. The summed E-state index contributed by atoms with van der Waals surface area (Å²) in [5.74, 6) is 1.73. The number of Topliss-reactive ketones (excluding diaryl/α,β-unsaturated/α-hetero) is 1. The molecule has 0 saturated heterocycles. The Kier molecular flexibility index (Phi) is 4.78. The van der Waals surface area contributed by atoms with E-state index in [9.17, 15) is 4.79 Å². The van der Waals surface area contributed by atoms with Crippen molar-refractivity contribution in [2.45, 2.75) is 32.7 Å². The summed E-state index contributed by atoms with van der Waals surface area (Å²) in [7, 11) is 0. The molecule has 156 valence electrons. The molecule has 0 saturated carbocycles. The molecule has 31 heavy (non-hydrogen) atoms. The van der Waals surface area contributed by atoms with Gasteiger partial charge in [-0.3, -0.25) is 4.79 Å². The van der Waals surface area contributed by atoms with Crippen molar-refractivity contribution in [3.05, 3.63) is 95.7 Å². The Hall–Kier alpha value is -3.53. The van der Waals surface area contributed by atoms with Crippen LogP contribution in [0.15, 0.2) is 90.1 Å². The molecule has 2 N–H and O–H groups in total. The van der Waals surface area contributed by atoms with E-state index in [1.807, 2.05) is 66.7 Å². The molecule has 0 amide bonds. The zero-order valence-electron chi connectivity index (χ0n) is 17.8. The largest absolute Gasteiger partial charge is 0.457 e. The molecule has 2 aliphatic rings. The van der Waals surface area contributed by atoms with E-state index in [4.69, 9.17) is 4.74 Å². The second-order valence-corrected chi connectivity index (χ2v) is 9.07. The minimum Gasteiger partial charge on any atom is -0.457 e. The second kappa shape index (κ2) is 7.62. The van der Waals surface area contributed by atoms with E-state index >= 15 is 0 Å². The van der Waals surface area contributed by atoms with E-state index < -0.39 is 0 Å². The van der Waals surface area contributed by atoms with Gasteiger partial charge in [0.1, 0.15) is 11.5 Å². The van der Waals surface area contributed by atoms with Crippen LogP contribution in [0.25, 0.3) is 0 Å². The number of ether oxygens (including phenoxy) is 1. The highest BCUT2D eigenvalue weighted by atomic mass is 16.5. The number of rotatable bonds is 3. The average molecular weight is 411 g/mol. The van der Waals surface area contributed by atoms with E-state index in [0.717, 1.165) is 46.1 Å². The number of nitrogens with one attached hydrogen (secondary N) is 2. The summed E-state index contributed by atoms with van der Waals surface area (Å²) in [6.45, 7) is 4.31. The summed E-state index contributed by atoms with van der Waals surface area (Å²) in [6, 6.07) is 25.6. The molecule has 3 aromatic rings. The van der Waals surface area contributed by atoms with E-state index in [1.165, 1.54) is 0 Å². The van der Waals surface area contributed by atoms with Gasteiger partial charge >= 0.3 is 0 Å². The third kappa shape index (κ3) is 3.93. The van der Waals surface area contributed by atoms with Crippen molar-refractivity contribution < 1.29 is 9.53 Å². The molecule has 1 atom stereocenters. The quantitative estimate of drug-likeness (QED) is 0.504. The maximum atomic E-state index is 13.3. The lowest BCUT2D eigenvalue weighted by atomic mass is 9.73. The second-order valence-electron chi connectivity index (χ2n) is 9.07. The molecule has 1 aliphatic heterocycles. The van der Waals surface area contributed by atoms with Gasteiger partial charge in [-0.2, -0.15) is 0 Å². The number of hydrogen-bond donors (Lipinski definition) is 2. The standard InChI is InChI=1S/C27H26N2O2/c1-27(2)16-23-25(24(30)17-27)26(29-22-14-7-6-13-21(22)28-23)18-9-8-12-20(15-18)31-19-10-4-3-5-11-19/h3-15,26,28-29H,16-17H2,1-2H3/t26-/m0/s1. The Morgan fingerprint density at radius 3 is 2.35 bits per heavy atom. The minimum atomic E-state index is -0.242. The van der Waals surface area contributed by atoms with Gasteiger partial charge in [-0.05, 0) is 53.8 Å². The van der Waals surface area contributed by atoms with Gasteiger partial charge in [0, 0.05) is 17.7 Å². The molecule has 0 spiro atoms. The van der Waals surface area contributed by atoms with Crippen LogP contribution >= 0.6 is 0 Å². The summed E-state index contributed by atoms with van der Waals surface area (Å²) in [4.78, 5) is 13.3. The Balaban J connectivity index is 1.58. The van der Waals surface area contributed by atoms with Crippen LogP contribution in [0.3, 0.4) is 0 Å². The predicted molar refractivity (Wildman–Crippen MR) is 124 cm³/mol. The molecule has 1 aliphatic carbocycles. The molecule has 0 aromatic heterocycles. The highest BCUT2D eigenvalue weighted by Gasteiger charge is 2.38. The van der Waals surface area contributed by atoms with Crippen molar-refractivity contribution >= 4 is 17.2 Å². The monoisotopic (exact) mass is 410 g/mol. The van der Waals surface area contributed by atoms with Crippen molar-refractivity contribution in [1.82, 2.24) is 0 Å². The first-order valence-electron chi connectivity index (χ1n) is 10.7. The molecule has 1 heterocycles. The van der Waals surface area contributed by atoms with Gasteiger partial charge in [-0.1, -0.05) is 56.3 Å². The van der Waals surface area contributed by atoms with Gasteiger partial charge in [0.2, 0.25) is 0 Å². The first-order chi connectivity index (χ1) is 15.0. The molecule has 0 radical (unpaired) electrons. The Bertz CT molecular complexity index is 1160. The van der Waals surface area contributed by atoms with Gasteiger partial charge in [0.05, 0.1) is 17.4 Å². The van der Waals surface area contributed by atoms with Crippen molar-refractivity contribution in [1.29, 1.82) is 0 Å². The summed E-state index contributed by atoms with van der Waals surface area (Å²) in [6.07, 6.45) is 1.38. The topological polar surface area (TPSA) is 50.4 Å². The number of fused-ring (bicyclic) bond motifs is 1. The summed E-state index contributed by atoms with van der Waals surface area (Å²) in [5, 5.41) is 7.19. The number of allylic oxidation sites excluding steroid dienone is 1. The van der Waals surface area contributed by atoms with Crippen molar-refractivity contribution in [2.24, 2.45) is 5.41 Å². The first kappa shape index (κ1) is 19.4. The molecule has 0 fully saturated rings. The Labute approximate surface area is 183 Å². The number of carbonyl (C=O) groups excluding carboxylic acids is 1. The lowest BCUT2D eigenvalue weighted by Crippen LogP contribution is -2.31. The maximum Gasteiger partial charge on any atom is 0.163 e. The van der Waals surface area contributed by atoms with Crippen molar-refractivity contribution in [2.75, 3.05) is 10.6 Å².